The molecule has 1 aliphatic heterocycles. The van der Waals surface area contributed by atoms with Crippen molar-refractivity contribution in [1.29, 1.82) is 0 Å². The summed E-state index contributed by atoms with van der Waals surface area (Å²) in [6.45, 7) is 5.99. The maximum atomic E-state index is 12.2. The summed E-state index contributed by atoms with van der Waals surface area (Å²) in [7, 11) is 2.13. The van der Waals surface area contributed by atoms with Crippen molar-refractivity contribution in [1.82, 2.24) is 4.90 Å². The van der Waals surface area contributed by atoms with Gasteiger partial charge in [-0.1, -0.05) is 13.8 Å². The van der Waals surface area contributed by atoms with Crippen LogP contribution in [0.3, 0.4) is 0 Å². The third-order valence-corrected chi connectivity index (χ3v) is 5.69. The summed E-state index contributed by atoms with van der Waals surface area (Å²) in [6, 6.07) is 0.450. The summed E-state index contributed by atoms with van der Waals surface area (Å²) in [4.78, 5) is 16.3. The number of carbonyl (C=O) groups excluding carboxylic acids is 1. The number of anilines is 2. The van der Waals surface area contributed by atoms with Gasteiger partial charge in [0.05, 0.1) is 15.5 Å². The Hall–Kier alpha value is -0.720. The Labute approximate surface area is 129 Å². The second-order valence-corrected chi connectivity index (χ2v) is 7.46. The molecular weight excluding hydrogens is 290 g/mol. The molecule has 3 N–H and O–H groups in total. The van der Waals surface area contributed by atoms with Gasteiger partial charge in [-0.05, 0) is 26.3 Å². The van der Waals surface area contributed by atoms with Gasteiger partial charge in [0.1, 0.15) is 5.00 Å². The van der Waals surface area contributed by atoms with Gasteiger partial charge in [0.25, 0.3) is 0 Å². The molecule has 0 saturated carbocycles. The van der Waals surface area contributed by atoms with Gasteiger partial charge < -0.3 is 16.0 Å². The van der Waals surface area contributed by atoms with E-state index in [0.29, 0.717) is 16.6 Å². The van der Waals surface area contributed by atoms with Crippen LogP contribution >= 0.6 is 23.1 Å². The molecule has 0 amide bonds. The lowest BCUT2D eigenvalue weighted by Gasteiger charge is -2.13. The lowest BCUT2D eigenvalue weighted by atomic mass is 10.1. The van der Waals surface area contributed by atoms with Crippen molar-refractivity contribution in [2.24, 2.45) is 5.92 Å². The van der Waals surface area contributed by atoms with Crippen LogP contribution in [-0.4, -0.2) is 43.1 Å². The third kappa shape index (κ3) is 3.13. The predicted octanol–water partition coefficient (Wildman–Crippen LogP) is 3.01. The highest BCUT2D eigenvalue weighted by atomic mass is 32.2. The fraction of sp³-hybridized carbons (Fsp3) is 0.643. The van der Waals surface area contributed by atoms with Crippen molar-refractivity contribution in [3.63, 3.8) is 0 Å². The lowest BCUT2D eigenvalue weighted by Crippen LogP contribution is -2.23. The van der Waals surface area contributed by atoms with Crippen LogP contribution in [0.2, 0.25) is 0 Å². The highest BCUT2D eigenvalue weighted by Gasteiger charge is 2.25. The van der Waals surface area contributed by atoms with E-state index >= 15 is 0 Å². The Morgan fingerprint density at radius 3 is 2.75 bits per heavy atom. The van der Waals surface area contributed by atoms with Crippen LogP contribution in [0.1, 0.15) is 29.9 Å². The lowest BCUT2D eigenvalue weighted by molar-refractivity contribution is 0.0944. The number of thiophene rings is 1. The predicted molar refractivity (Wildman–Crippen MR) is 89.2 cm³/mol. The van der Waals surface area contributed by atoms with Gasteiger partial charge in [0.2, 0.25) is 0 Å². The molecule has 1 aromatic heterocycles. The Morgan fingerprint density at radius 2 is 2.25 bits per heavy atom. The molecule has 0 bridgehead atoms. The maximum absolute atomic E-state index is 12.2. The molecule has 0 aliphatic carbocycles. The smallest absolute Gasteiger partial charge is 0.177 e. The van der Waals surface area contributed by atoms with E-state index in [9.17, 15) is 4.79 Å². The molecule has 20 heavy (non-hydrogen) atoms. The molecule has 1 aliphatic rings. The van der Waals surface area contributed by atoms with E-state index in [-0.39, 0.29) is 11.7 Å². The number of hydrogen-bond donors (Lipinski definition) is 2. The number of thioether (sulfide) groups is 1. The van der Waals surface area contributed by atoms with E-state index in [0.717, 1.165) is 29.4 Å². The molecule has 2 heterocycles. The molecule has 112 valence electrons. The average molecular weight is 313 g/mol. The first-order valence-corrected chi connectivity index (χ1v) is 8.93. The number of likely N-dealkylation sites (N-methyl/N-ethyl adjacent to an activating group) is 1. The van der Waals surface area contributed by atoms with Gasteiger partial charge in [0, 0.05) is 18.5 Å². The standard InChI is InChI=1S/C14H23N3OS2/c1-8(2)11(18)12-10(15)13(19-4)14(20-12)16-9-5-6-17(3)7-9/h8-9,16H,5-7,15H2,1-4H3. The van der Waals surface area contributed by atoms with Gasteiger partial charge >= 0.3 is 0 Å². The highest BCUT2D eigenvalue weighted by Crippen LogP contribution is 2.43. The summed E-state index contributed by atoms with van der Waals surface area (Å²) in [6.07, 6.45) is 3.14. The topological polar surface area (TPSA) is 58.4 Å². The fourth-order valence-electron chi connectivity index (χ4n) is 2.41. The van der Waals surface area contributed by atoms with Crippen molar-refractivity contribution in [3.05, 3.63) is 4.88 Å². The second kappa shape index (κ2) is 6.37. The SMILES string of the molecule is CSc1c(NC2CCN(C)C2)sc(C(=O)C(C)C)c1N. The monoisotopic (exact) mass is 313 g/mol. The summed E-state index contributed by atoms with van der Waals surface area (Å²) in [5.74, 6) is 0.121. The second-order valence-electron chi connectivity index (χ2n) is 5.62. The van der Waals surface area contributed by atoms with Crippen LogP contribution in [0, 0.1) is 5.92 Å². The third-order valence-electron chi connectivity index (χ3n) is 3.58. The number of ketones is 1. The first kappa shape index (κ1) is 15.7. The Kier molecular flexibility index (Phi) is 4.99. The molecular formula is C14H23N3OS2. The van der Waals surface area contributed by atoms with Crippen molar-refractivity contribution < 1.29 is 4.79 Å². The molecule has 1 aromatic rings. The van der Waals surface area contributed by atoms with E-state index < -0.39 is 0 Å². The van der Waals surface area contributed by atoms with Crippen molar-refractivity contribution >= 4 is 39.6 Å². The molecule has 2 rings (SSSR count). The summed E-state index contributed by atoms with van der Waals surface area (Å²) in [5.41, 5.74) is 6.82. The molecule has 1 unspecified atom stereocenters. The van der Waals surface area contributed by atoms with Gasteiger partial charge in [-0.15, -0.1) is 23.1 Å². The van der Waals surface area contributed by atoms with Crippen molar-refractivity contribution in [2.75, 3.05) is 37.4 Å². The minimum absolute atomic E-state index is 0.0175. The van der Waals surface area contributed by atoms with Crippen molar-refractivity contribution in [3.8, 4) is 0 Å². The Bertz CT molecular complexity index is 499. The zero-order valence-corrected chi connectivity index (χ0v) is 14.2. The number of nitrogen functional groups attached to an aromatic ring is 1. The number of rotatable bonds is 5. The van der Waals surface area contributed by atoms with Crippen LogP contribution in [0.4, 0.5) is 10.7 Å². The van der Waals surface area contributed by atoms with Crippen LogP contribution in [-0.2, 0) is 0 Å². The highest BCUT2D eigenvalue weighted by molar-refractivity contribution is 7.99. The van der Waals surface area contributed by atoms with Gasteiger partial charge in [-0.25, -0.2) is 0 Å². The number of Topliss-reactive ketones (excluding diaryl/α,β-unsaturated/α-hetero) is 1. The number of likely N-dealkylation sites (tertiary alicyclic amines) is 1. The van der Waals surface area contributed by atoms with Gasteiger partial charge in [-0.3, -0.25) is 4.79 Å². The summed E-state index contributed by atoms with van der Waals surface area (Å²) in [5, 5.41) is 4.62. The first-order chi connectivity index (χ1) is 9.43. The first-order valence-electron chi connectivity index (χ1n) is 6.89. The maximum Gasteiger partial charge on any atom is 0.177 e. The zero-order chi connectivity index (χ0) is 14.9. The number of nitrogens with one attached hydrogen (secondary N) is 1. The molecule has 0 spiro atoms. The largest absolute Gasteiger partial charge is 0.396 e. The van der Waals surface area contributed by atoms with E-state index in [1.165, 1.54) is 11.3 Å². The minimum atomic E-state index is -0.0175. The fourth-order valence-corrected chi connectivity index (χ4v) is 4.60. The molecule has 0 aromatic carbocycles. The number of nitrogens with zero attached hydrogens (tertiary/aromatic N) is 1. The van der Waals surface area contributed by atoms with E-state index in [4.69, 9.17) is 5.73 Å². The summed E-state index contributed by atoms with van der Waals surface area (Å²) >= 11 is 3.12. The summed E-state index contributed by atoms with van der Waals surface area (Å²) < 4.78 is 0. The Morgan fingerprint density at radius 1 is 1.55 bits per heavy atom. The van der Waals surface area contributed by atoms with Crippen LogP contribution in [0.15, 0.2) is 4.90 Å². The molecule has 1 saturated heterocycles. The average Bonchev–Trinajstić information content (AvgIpc) is 2.93. The number of hydrogen-bond acceptors (Lipinski definition) is 6. The Balaban J connectivity index is 2.24. The number of carbonyl (C=O) groups is 1. The van der Waals surface area contributed by atoms with Gasteiger partial charge in [-0.2, -0.15) is 0 Å². The molecule has 0 radical (unpaired) electrons. The molecule has 6 heteroatoms. The molecule has 1 fully saturated rings. The van der Waals surface area contributed by atoms with Crippen molar-refractivity contribution in [2.45, 2.75) is 31.2 Å². The normalized spacial score (nSPS) is 19.8. The zero-order valence-electron chi connectivity index (χ0n) is 12.5. The molecule has 1 atom stereocenters. The number of nitrogens with two attached hydrogens (primary N) is 1. The van der Waals surface area contributed by atoms with E-state index in [1.807, 2.05) is 20.1 Å². The quantitative estimate of drug-likeness (QED) is 0.646. The van der Waals surface area contributed by atoms with Gasteiger partial charge in [0.15, 0.2) is 5.78 Å². The van der Waals surface area contributed by atoms with E-state index in [1.54, 1.807) is 11.8 Å². The molecule has 4 nitrogen and oxygen atoms in total. The van der Waals surface area contributed by atoms with Crippen LogP contribution < -0.4 is 11.1 Å². The van der Waals surface area contributed by atoms with E-state index in [2.05, 4.69) is 17.3 Å². The van der Waals surface area contributed by atoms with Crippen LogP contribution in [0.25, 0.3) is 0 Å². The van der Waals surface area contributed by atoms with Crippen LogP contribution in [0.5, 0.6) is 0 Å². The minimum Gasteiger partial charge on any atom is -0.396 e.